The normalized spacial score (nSPS) is 20.1. The Hall–Kier alpha value is -1.00. The minimum Gasteiger partial charge on any atom is -0.392 e. The van der Waals surface area contributed by atoms with Gasteiger partial charge in [-0.2, -0.15) is 0 Å². The van der Waals surface area contributed by atoms with Crippen molar-refractivity contribution >= 4 is 23.4 Å². The molecule has 0 spiro atoms. The number of anilines is 1. The molecule has 1 aromatic carbocycles. The molecule has 0 fully saturated rings. The van der Waals surface area contributed by atoms with Crippen LogP contribution in [0.2, 0.25) is 0 Å². The van der Waals surface area contributed by atoms with E-state index in [1.54, 1.807) is 0 Å². The van der Waals surface area contributed by atoms with E-state index in [0.29, 0.717) is 0 Å². The van der Waals surface area contributed by atoms with E-state index in [0.717, 1.165) is 16.1 Å². The van der Waals surface area contributed by atoms with Crippen LogP contribution in [-0.4, -0.2) is 16.3 Å². The van der Waals surface area contributed by atoms with Crippen LogP contribution >= 0.6 is 11.8 Å². The zero-order valence-corrected chi connectivity index (χ0v) is 8.60. The van der Waals surface area contributed by atoms with Crippen LogP contribution in [0.4, 0.5) is 5.69 Å². The van der Waals surface area contributed by atoms with E-state index in [-0.39, 0.29) is 17.8 Å². The largest absolute Gasteiger partial charge is 0.392 e. The van der Waals surface area contributed by atoms with Gasteiger partial charge in [0.15, 0.2) is 0 Å². The number of rotatable bonds is 1. The maximum absolute atomic E-state index is 11.4. The van der Waals surface area contributed by atoms with Crippen molar-refractivity contribution in [2.45, 2.75) is 23.7 Å². The fourth-order valence-corrected chi connectivity index (χ4v) is 2.42. The Labute approximate surface area is 86.5 Å². The van der Waals surface area contributed by atoms with E-state index in [1.165, 1.54) is 11.8 Å². The lowest BCUT2D eigenvalue weighted by Crippen LogP contribution is -2.27. The standard InChI is InChI=1S/C10H11NO2S/c1-6-10(13)11-9-7(5-12)3-2-4-8(9)14-6/h2-4,6,12H,5H2,1H3,(H,11,13). The molecule has 0 bridgehead atoms. The molecule has 14 heavy (non-hydrogen) atoms. The molecule has 0 saturated carbocycles. The number of hydrogen-bond donors (Lipinski definition) is 2. The van der Waals surface area contributed by atoms with Gasteiger partial charge in [-0.25, -0.2) is 0 Å². The number of carbonyl (C=O) groups excluding carboxylic acids is 1. The van der Waals surface area contributed by atoms with E-state index in [1.807, 2.05) is 25.1 Å². The third kappa shape index (κ3) is 1.51. The molecule has 1 heterocycles. The number of amides is 1. The summed E-state index contributed by atoms with van der Waals surface area (Å²) in [7, 11) is 0. The first-order valence-corrected chi connectivity index (χ1v) is 5.30. The molecular formula is C10H11NO2S. The monoisotopic (exact) mass is 209 g/mol. The third-order valence-electron chi connectivity index (χ3n) is 2.20. The maximum Gasteiger partial charge on any atom is 0.237 e. The summed E-state index contributed by atoms with van der Waals surface area (Å²) in [5.74, 6) is 0.00315. The fourth-order valence-electron chi connectivity index (χ4n) is 1.42. The molecule has 2 N–H and O–H groups in total. The van der Waals surface area contributed by atoms with Crippen LogP contribution in [0.15, 0.2) is 23.1 Å². The summed E-state index contributed by atoms with van der Waals surface area (Å²) >= 11 is 1.53. The molecular weight excluding hydrogens is 198 g/mol. The molecule has 0 aromatic heterocycles. The van der Waals surface area contributed by atoms with Gasteiger partial charge in [0.25, 0.3) is 0 Å². The molecule has 1 aliphatic rings. The number of fused-ring (bicyclic) bond motifs is 1. The molecule has 1 aliphatic heterocycles. The van der Waals surface area contributed by atoms with E-state index in [2.05, 4.69) is 5.32 Å². The van der Waals surface area contributed by atoms with Crippen molar-refractivity contribution in [3.8, 4) is 0 Å². The maximum atomic E-state index is 11.4. The Morgan fingerprint density at radius 2 is 2.36 bits per heavy atom. The number of aliphatic hydroxyl groups excluding tert-OH is 1. The van der Waals surface area contributed by atoms with Crippen LogP contribution < -0.4 is 5.32 Å². The molecule has 1 unspecified atom stereocenters. The van der Waals surface area contributed by atoms with Gasteiger partial charge in [-0.15, -0.1) is 11.8 Å². The van der Waals surface area contributed by atoms with Crippen LogP contribution in [0, 0.1) is 0 Å². The Bertz CT molecular complexity index is 378. The number of nitrogens with one attached hydrogen (secondary N) is 1. The van der Waals surface area contributed by atoms with Crippen LogP contribution in [0.5, 0.6) is 0 Å². The predicted molar refractivity (Wildman–Crippen MR) is 56.3 cm³/mol. The van der Waals surface area contributed by atoms with Crippen molar-refractivity contribution < 1.29 is 9.90 Å². The van der Waals surface area contributed by atoms with Crippen molar-refractivity contribution in [1.82, 2.24) is 0 Å². The van der Waals surface area contributed by atoms with Crippen LogP contribution in [0.25, 0.3) is 0 Å². The molecule has 1 amide bonds. The van der Waals surface area contributed by atoms with Gasteiger partial charge in [0.2, 0.25) is 5.91 Å². The Morgan fingerprint density at radius 3 is 3.07 bits per heavy atom. The van der Waals surface area contributed by atoms with E-state index in [9.17, 15) is 4.79 Å². The second-order valence-corrected chi connectivity index (χ2v) is 4.58. The first-order valence-electron chi connectivity index (χ1n) is 4.42. The molecule has 4 heteroatoms. The SMILES string of the molecule is CC1Sc2cccc(CO)c2NC1=O. The molecule has 2 rings (SSSR count). The fraction of sp³-hybridized carbons (Fsp3) is 0.300. The molecule has 1 aromatic rings. The van der Waals surface area contributed by atoms with Crippen molar-refractivity contribution in [3.63, 3.8) is 0 Å². The summed E-state index contributed by atoms with van der Waals surface area (Å²) < 4.78 is 0. The number of para-hydroxylation sites is 1. The van der Waals surface area contributed by atoms with Gasteiger partial charge >= 0.3 is 0 Å². The Kier molecular flexibility index (Phi) is 2.48. The minimum absolute atomic E-state index is 0.00315. The lowest BCUT2D eigenvalue weighted by Gasteiger charge is -2.23. The summed E-state index contributed by atoms with van der Waals surface area (Å²) in [6.45, 7) is 1.83. The van der Waals surface area contributed by atoms with E-state index >= 15 is 0 Å². The van der Waals surface area contributed by atoms with E-state index < -0.39 is 0 Å². The van der Waals surface area contributed by atoms with Gasteiger partial charge in [-0.3, -0.25) is 4.79 Å². The topological polar surface area (TPSA) is 49.3 Å². The molecule has 0 saturated heterocycles. The highest BCUT2D eigenvalue weighted by Crippen LogP contribution is 2.37. The first-order chi connectivity index (χ1) is 6.72. The lowest BCUT2D eigenvalue weighted by atomic mass is 10.2. The van der Waals surface area contributed by atoms with Crippen molar-refractivity contribution in [1.29, 1.82) is 0 Å². The third-order valence-corrected chi connectivity index (χ3v) is 3.37. The second-order valence-electron chi connectivity index (χ2n) is 3.20. The number of aliphatic hydroxyl groups is 1. The van der Waals surface area contributed by atoms with Crippen molar-refractivity contribution in [3.05, 3.63) is 23.8 Å². The van der Waals surface area contributed by atoms with Crippen LogP contribution in [0.1, 0.15) is 12.5 Å². The molecule has 1 atom stereocenters. The second kappa shape index (κ2) is 3.63. The highest BCUT2D eigenvalue weighted by atomic mass is 32.2. The number of carbonyl (C=O) groups is 1. The highest BCUT2D eigenvalue weighted by molar-refractivity contribution is 8.00. The summed E-state index contributed by atoms with van der Waals surface area (Å²) in [6.07, 6.45) is 0. The van der Waals surface area contributed by atoms with Crippen molar-refractivity contribution in [2.75, 3.05) is 5.32 Å². The zero-order valence-electron chi connectivity index (χ0n) is 7.78. The minimum atomic E-state index is -0.0588. The average Bonchev–Trinajstić information content (AvgIpc) is 2.19. The average molecular weight is 209 g/mol. The number of hydrogen-bond acceptors (Lipinski definition) is 3. The molecule has 3 nitrogen and oxygen atoms in total. The summed E-state index contributed by atoms with van der Waals surface area (Å²) in [4.78, 5) is 12.4. The van der Waals surface area contributed by atoms with Gasteiger partial charge in [0.1, 0.15) is 0 Å². The number of benzene rings is 1. The van der Waals surface area contributed by atoms with Gasteiger partial charge in [0, 0.05) is 10.5 Å². The Morgan fingerprint density at radius 1 is 1.57 bits per heavy atom. The van der Waals surface area contributed by atoms with Crippen LogP contribution in [0.3, 0.4) is 0 Å². The highest BCUT2D eigenvalue weighted by Gasteiger charge is 2.24. The summed E-state index contributed by atoms with van der Waals surface area (Å²) in [5.41, 5.74) is 1.54. The molecule has 0 radical (unpaired) electrons. The Balaban J connectivity index is 2.46. The predicted octanol–water partition coefficient (Wildman–Crippen LogP) is 1.61. The molecule has 74 valence electrons. The number of thioether (sulfide) groups is 1. The summed E-state index contributed by atoms with van der Waals surface area (Å²) in [5, 5.41) is 11.8. The lowest BCUT2D eigenvalue weighted by molar-refractivity contribution is -0.115. The van der Waals surface area contributed by atoms with Gasteiger partial charge in [-0.05, 0) is 13.0 Å². The smallest absolute Gasteiger partial charge is 0.237 e. The quantitative estimate of drug-likeness (QED) is 0.738. The van der Waals surface area contributed by atoms with Crippen molar-refractivity contribution in [2.24, 2.45) is 0 Å². The molecule has 0 aliphatic carbocycles. The van der Waals surface area contributed by atoms with Crippen LogP contribution in [-0.2, 0) is 11.4 Å². The zero-order chi connectivity index (χ0) is 10.1. The summed E-state index contributed by atoms with van der Waals surface area (Å²) in [6, 6.07) is 5.66. The van der Waals surface area contributed by atoms with Gasteiger partial charge in [0.05, 0.1) is 17.5 Å². The first kappa shape index (κ1) is 9.55. The van der Waals surface area contributed by atoms with E-state index in [4.69, 9.17) is 5.11 Å². The van der Waals surface area contributed by atoms with Gasteiger partial charge < -0.3 is 10.4 Å². The van der Waals surface area contributed by atoms with Gasteiger partial charge in [-0.1, -0.05) is 12.1 Å².